The van der Waals surface area contributed by atoms with Gasteiger partial charge in [0.2, 0.25) is 30.4 Å². The molecule has 0 N–H and O–H groups in total. The van der Waals surface area contributed by atoms with E-state index in [0.717, 1.165) is 4.78 Å². The topological polar surface area (TPSA) is 0 Å². The second-order valence-electron chi connectivity index (χ2n) is 6.36. The van der Waals surface area contributed by atoms with Crippen molar-refractivity contribution in [3.05, 3.63) is 71.8 Å². The summed E-state index contributed by atoms with van der Waals surface area (Å²) in [6.07, 6.45) is 1.37. The fraction of sp³-hybridized carbons (Fsp3) is 0.400. The molecule has 0 spiro atoms. The van der Waals surface area contributed by atoms with Gasteiger partial charge in [0.25, 0.3) is 0 Å². The molecule has 0 aliphatic rings. The summed E-state index contributed by atoms with van der Waals surface area (Å²) in [4.78, 5) is 0. The predicted octanol–water partition coefficient (Wildman–Crippen LogP) is 4.90. The summed E-state index contributed by atoms with van der Waals surface area (Å²) >= 11 is 0.361. The third-order valence-electron chi connectivity index (χ3n) is 3.77. The minimum absolute atomic E-state index is 0.148. The van der Waals surface area contributed by atoms with Gasteiger partial charge in [-0.15, -0.1) is 0 Å². The molecule has 2 aromatic rings. The Morgan fingerprint density at radius 3 is 1.73 bits per heavy atom. The maximum Gasteiger partial charge on any atom is 0.246 e. The zero-order chi connectivity index (χ0) is 16.0. The van der Waals surface area contributed by atoms with Gasteiger partial charge < -0.3 is 0 Å². The van der Waals surface area contributed by atoms with Crippen LogP contribution in [0.25, 0.3) is 0 Å². The number of benzene rings is 2. The third-order valence-corrected chi connectivity index (χ3v) is 7.92. The first-order chi connectivity index (χ1) is 10.7. The highest BCUT2D eigenvalue weighted by Crippen LogP contribution is 2.04. The second kappa shape index (κ2) is 13.0. The Morgan fingerprint density at radius 2 is 1.27 bits per heavy atom. The van der Waals surface area contributed by atoms with Gasteiger partial charge in [-0.3, -0.25) is 0 Å². The average Bonchev–Trinajstić information content (AvgIpc) is 2.56. The van der Waals surface area contributed by atoms with Crippen LogP contribution in [0.5, 0.6) is 0 Å². The van der Waals surface area contributed by atoms with Gasteiger partial charge >= 0.3 is 0 Å². The molecule has 0 unspecified atom stereocenters. The standard InChI is InChI=1S/2C7H7.2C3H7.2Al.2H/c2*1-7-5-3-2-4-6-7;2*1-3-2;;;;/h2*2-6H,1H2;3H,1-2H3;1,3H2,2H3;;;;. The minimum atomic E-state index is 0.148. The van der Waals surface area contributed by atoms with Gasteiger partial charge in [0.15, 0.2) is 0 Å². The Balaban J connectivity index is 0.000000220. The highest BCUT2D eigenvalue weighted by atomic mass is 27.1. The van der Waals surface area contributed by atoms with Gasteiger partial charge in [-0.05, 0) is 0 Å². The zero-order valence-electron chi connectivity index (χ0n) is 14.6. The molecule has 116 valence electrons. The predicted molar refractivity (Wildman–Crippen MR) is 105 cm³/mol. The van der Waals surface area contributed by atoms with Crippen LogP contribution < -0.4 is 0 Å². The van der Waals surface area contributed by atoms with E-state index >= 15 is 0 Å². The summed E-state index contributed by atoms with van der Waals surface area (Å²) < 4.78 is 0.954. The molecule has 0 aliphatic heterocycles. The van der Waals surface area contributed by atoms with Crippen LogP contribution in [0.15, 0.2) is 60.7 Å². The maximum absolute atomic E-state index is 2.33. The van der Waals surface area contributed by atoms with E-state index in [1.165, 1.54) is 33.4 Å². The van der Waals surface area contributed by atoms with E-state index in [1.54, 1.807) is 0 Å². The smallest absolute Gasteiger partial charge is 0.0972 e. The molecule has 0 nitrogen and oxygen atoms in total. The van der Waals surface area contributed by atoms with Crippen LogP contribution in [0.4, 0.5) is 0 Å². The lowest BCUT2D eigenvalue weighted by molar-refractivity contribution is 1.04. The van der Waals surface area contributed by atoms with E-state index in [1.807, 2.05) is 0 Å². The van der Waals surface area contributed by atoms with E-state index in [0.29, 0.717) is 0 Å². The van der Waals surface area contributed by atoms with Crippen LogP contribution in [0.2, 0.25) is 10.1 Å². The first kappa shape index (κ1) is 19.6. The number of hydrogen-bond donors (Lipinski definition) is 0. The fourth-order valence-corrected chi connectivity index (χ4v) is 5.06. The lowest BCUT2D eigenvalue weighted by atomic mass is 10.2. The molecule has 0 fully saturated rings. The molecular weight excluding hydrogens is 294 g/mol. The maximum atomic E-state index is 2.33. The summed E-state index contributed by atoms with van der Waals surface area (Å²) in [7, 11) is 0. The summed E-state index contributed by atoms with van der Waals surface area (Å²) in [6.45, 7) is 6.93. The van der Waals surface area contributed by atoms with Crippen molar-refractivity contribution in [2.75, 3.05) is 0 Å². The van der Waals surface area contributed by atoms with Gasteiger partial charge in [0, 0.05) is 0 Å². The van der Waals surface area contributed by atoms with Crippen LogP contribution >= 0.6 is 0 Å². The van der Waals surface area contributed by atoms with Crippen molar-refractivity contribution in [2.45, 2.75) is 47.8 Å². The van der Waals surface area contributed by atoms with Crippen molar-refractivity contribution in [3.8, 4) is 0 Å². The van der Waals surface area contributed by atoms with Gasteiger partial charge in [-0.1, -0.05) is 120 Å². The first-order valence-corrected chi connectivity index (χ1v) is 12.6. The molecular formula is C20H30Al2. The Morgan fingerprint density at radius 1 is 0.773 bits per heavy atom. The average molecular weight is 324 g/mol. The molecule has 0 aliphatic carbocycles. The fourth-order valence-electron chi connectivity index (χ4n) is 2.32. The Hall–Kier alpha value is -0.495. The van der Waals surface area contributed by atoms with Crippen molar-refractivity contribution in [2.24, 2.45) is 0 Å². The summed E-state index contributed by atoms with van der Waals surface area (Å²) in [5.41, 5.74) is 3.06. The molecule has 0 heterocycles. The lowest BCUT2D eigenvalue weighted by Crippen LogP contribution is -1.99. The van der Waals surface area contributed by atoms with Crippen molar-refractivity contribution < 1.29 is 0 Å². The first-order valence-electron chi connectivity index (χ1n) is 8.80. The lowest BCUT2D eigenvalue weighted by Gasteiger charge is -2.00. The molecule has 0 bridgehead atoms. The van der Waals surface area contributed by atoms with Gasteiger partial charge in [0.05, 0.1) is 0 Å². The van der Waals surface area contributed by atoms with Crippen molar-refractivity contribution in [3.63, 3.8) is 0 Å². The minimum Gasteiger partial charge on any atom is -0.0972 e. The molecule has 2 rings (SSSR count). The molecule has 0 saturated heterocycles. The normalized spacial score (nSPS) is 9.82. The summed E-state index contributed by atoms with van der Waals surface area (Å²) in [5, 5.41) is 4.24. The van der Waals surface area contributed by atoms with Crippen LogP contribution in [-0.4, -0.2) is 30.4 Å². The third kappa shape index (κ3) is 10.3. The van der Waals surface area contributed by atoms with Gasteiger partial charge in [-0.2, -0.15) is 0 Å². The van der Waals surface area contributed by atoms with Gasteiger partial charge in [-0.25, -0.2) is 0 Å². The van der Waals surface area contributed by atoms with Crippen LogP contribution in [0, 0.1) is 0 Å². The molecule has 0 radical (unpaired) electrons. The molecule has 0 amide bonds. The van der Waals surface area contributed by atoms with Crippen molar-refractivity contribution in [1.82, 2.24) is 0 Å². The molecule has 0 atom stereocenters. The molecule has 2 aromatic carbocycles. The number of rotatable bonds is 7. The zero-order valence-corrected chi connectivity index (χ0v) is 17.4. The Kier molecular flexibility index (Phi) is 11.5. The molecule has 0 aromatic heterocycles. The Bertz CT molecular complexity index is 466. The monoisotopic (exact) mass is 324 g/mol. The quantitative estimate of drug-likeness (QED) is 0.502. The Labute approximate surface area is 149 Å². The van der Waals surface area contributed by atoms with E-state index in [9.17, 15) is 0 Å². The molecule has 22 heavy (non-hydrogen) atoms. The van der Waals surface area contributed by atoms with Crippen LogP contribution in [-0.2, 0) is 10.6 Å². The van der Waals surface area contributed by atoms with Gasteiger partial charge in [0.1, 0.15) is 0 Å². The van der Waals surface area contributed by atoms with Crippen molar-refractivity contribution in [1.29, 1.82) is 0 Å². The SMILES string of the molecule is CC[CH2][AlH][CH2]c1ccccc1.C[CH](C)[AlH][CH2]c1ccccc1. The summed E-state index contributed by atoms with van der Waals surface area (Å²) in [5.74, 6) is 0. The highest BCUT2D eigenvalue weighted by molar-refractivity contribution is 6.36. The van der Waals surface area contributed by atoms with E-state index < -0.39 is 0 Å². The highest BCUT2D eigenvalue weighted by Gasteiger charge is 1.99. The molecule has 0 saturated carbocycles. The largest absolute Gasteiger partial charge is 0.246 e. The summed E-state index contributed by atoms with van der Waals surface area (Å²) in [6, 6.07) is 21.6. The second-order valence-corrected chi connectivity index (χ2v) is 11.0. The van der Waals surface area contributed by atoms with Crippen LogP contribution in [0.3, 0.4) is 0 Å². The van der Waals surface area contributed by atoms with Crippen molar-refractivity contribution >= 4 is 30.4 Å². The van der Waals surface area contributed by atoms with E-state index in [-0.39, 0.29) is 30.4 Å². The van der Waals surface area contributed by atoms with E-state index in [2.05, 4.69) is 81.4 Å². The van der Waals surface area contributed by atoms with Crippen LogP contribution in [0.1, 0.15) is 38.3 Å². The number of hydrogen-bond acceptors (Lipinski definition) is 0. The van der Waals surface area contributed by atoms with E-state index in [4.69, 9.17) is 0 Å². The molecule has 2 heteroatoms.